The van der Waals surface area contributed by atoms with Gasteiger partial charge in [-0.1, -0.05) is 25.1 Å². The SMILES string of the molecule is CC1CCN(C(=O)Oc2ccccc2)C1. The zero-order valence-electron chi connectivity index (χ0n) is 8.85. The molecule has 1 aliphatic heterocycles. The molecule has 2 rings (SSSR count). The Bertz CT molecular complexity index is 337. The van der Waals surface area contributed by atoms with Gasteiger partial charge in [0.1, 0.15) is 5.75 Å². The van der Waals surface area contributed by atoms with Gasteiger partial charge in [-0.25, -0.2) is 4.79 Å². The topological polar surface area (TPSA) is 29.5 Å². The van der Waals surface area contributed by atoms with Crippen LogP contribution in [-0.2, 0) is 0 Å². The van der Waals surface area contributed by atoms with Gasteiger partial charge in [0.2, 0.25) is 0 Å². The molecule has 3 nitrogen and oxygen atoms in total. The van der Waals surface area contributed by atoms with Gasteiger partial charge >= 0.3 is 6.09 Å². The van der Waals surface area contributed by atoms with E-state index in [9.17, 15) is 4.79 Å². The fourth-order valence-corrected chi connectivity index (χ4v) is 1.75. The van der Waals surface area contributed by atoms with Gasteiger partial charge in [-0.15, -0.1) is 0 Å². The molecule has 0 aromatic heterocycles. The summed E-state index contributed by atoms with van der Waals surface area (Å²) >= 11 is 0. The van der Waals surface area contributed by atoms with E-state index in [1.165, 1.54) is 0 Å². The highest BCUT2D eigenvalue weighted by Crippen LogP contribution is 2.17. The second-order valence-electron chi connectivity index (χ2n) is 4.02. The van der Waals surface area contributed by atoms with Crippen molar-refractivity contribution in [1.29, 1.82) is 0 Å². The van der Waals surface area contributed by atoms with E-state index in [-0.39, 0.29) is 6.09 Å². The summed E-state index contributed by atoms with van der Waals surface area (Å²) in [5.41, 5.74) is 0. The second-order valence-corrected chi connectivity index (χ2v) is 4.02. The first kappa shape index (κ1) is 10.0. The number of ether oxygens (including phenoxy) is 1. The average molecular weight is 205 g/mol. The van der Waals surface area contributed by atoms with Crippen LogP contribution in [0.5, 0.6) is 5.75 Å². The number of para-hydroxylation sites is 1. The van der Waals surface area contributed by atoms with Gasteiger partial charge in [-0.2, -0.15) is 0 Å². The van der Waals surface area contributed by atoms with Crippen molar-refractivity contribution in [2.45, 2.75) is 13.3 Å². The monoisotopic (exact) mass is 205 g/mol. The standard InChI is InChI=1S/C12H15NO2/c1-10-7-8-13(9-10)12(14)15-11-5-3-2-4-6-11/h2-6,10H,7-9H2,1H3. The number of hydrogen-bond acceptors (Lipinski definition) is 2. The molecule has 1 aromatic rings. The lowest BCUT2D eigenvalue weighted by atomic mass is 10.2. The fourth-order valence-electron chi connectivity index (χ4n) is 1.75. The molecule has 1 unspecified atom stereocenters. The van der Waals surface area contributed by atoms with Crippen molar-refractivity contribution in [3.63, 3.8) is 0 Å². The summed E-state index contributed by atoms with van der Waals surface area (Å²) in [5, 5.41) is 0. The highest BCUT2D eigenvalue weighted by molar-refractivity contribution is 5.70. The van der Waals surface area contributed by atoms with Crippen LogP contribution < -0.4 is 4.74 Å². The van der Waals surface area contributed by atoms with Crippen molar-refractivity contribution >= 4 is 6.09 Å². The van der Waals surface area contributed by atoms with E-state index in [0.29, 0.717) is 11.7 Å². The highest BCUT2D eigenvalue weighted by atomic mass is 16.6. The lowest BCUT2D eigenvalue weighted by molar-refractivity contribution is 0.161. The molecule has 0 saturated carbocycles. The zero-order chi connectivity index (χ0) is 10.7. The Kier molecular flexibility index (Phi) is 2.90. The minimum absolute atomic E-state index is 0.231. The Hall–Kier alpha value is -1.51. The molecular weight excluding hydrogens is 190 g/mol. The van der Waals surface area contributed by atoms with Gasteiger partial charge in [0.25, 0.3) is 0 Å². The van der Waals surface area contributed by atoms with Crippen molar-refractivity contribution < 1.29 is 9.53 Å². The summed E-state index contributed by atoms with van der Waals surface area (Å²) in [6.45, 7) is 3.77. The van der Waals surface area contributed by atoms with Crippen molar-refractivity contribution in [3.05, 3.63) is 30.3 Å². The highest BCUT2D eigenvalue weighted by Gasteiger charge is 2.24. The number of carbonyl (C=O) groups is 1. The Labute approximate surface area is 89.7 Å². The molecule has 80 valence electrons. The summed E-state index contributed by atoms with van der Waals surface area (Å²) in [4.78, 5) is 13.4. The molecule has 1 heterocycles. The van der Waals surface area contributed by atoms with Gasteiger partial charge in [0, 0.05) is 13.1 Å². The lowest BCUT2D eigenvalue weighted by Crippen LogP contribution is -2.31. The summed E-state index contributed by atoms with van der Waals surface area (Å²) in [6.07, 6.45) is 0.842. The summed E-state index contributed by atoms with van der Waals surface area (Å²) < 4.78 is 5.23. The maximum absolute atomic E-state index is 11.7. The smallest absolute Gasteiger partial charge is 0.410 e. The Morgan fingerprint density at radius 3 is 2.73 bits per heavy atom. The fraction of sp³-hybridized carbons (Fsp3) is 0.417. The molecule has 0 bridgehead atoms. The molecule has 1 atom stereocenters. The predicted octanol–water partition coefficient (Wildman–Crippen LogP) is 2.53. The van der Waals surface area contributed by atoms with Crippen molar-refractivity contribution in [2.75, 3.05) is 13.1 Å². The van der Waals surface area contributed by atoms with Crippen molar-refractivity contribution in [2.24, 2.45) is 5.92 Å². The molecule has 15 heavy (non-hydrogen) atoms. The number of hydrogen-bond donors (Lipinski definition) is 0. The largest absolute Gasteiger partial charge is 0.415 e. The second kappa shape index (κ2) is 4.34. The third-order valence-electron chi connectivity index (χ3n) is 2.63. The Morgan fingerprint density at radius 1 is 1.40 bits per heavy atom. The van der Waals surface area contributed by atoms with Crippen LogP contribution in [0, 0.1) is 5.92 Å². The van der Waals surface area contributed by atoms with Gasteiger partial charge in [-0.3, -0.25) is 0 Å². The van der Waals surface area contributed by atoms with E-state index < -0.39 is 0 Å². The van der Waals surface area contributed by atoms with Crippen molar-refractivity contribution in [3.8, 4) is 5.75 Å². The molecule has 1 saturated heterocycles. The van der Waals surface area contributed by atoms with E-state index in [0.717, 1.165) is 19.5 Å². The summed E-state index contributed by atoms with van der Waals surface area (Å²) in [5.74, 6) is 1.20. The minimum atomic E-state index is -0.231. The van der Waals surface area contributed by atoms with E-state index >= 15 is 0 Å². The van der Waals surface area contributed by atoms with Crippen LogP contribution in [-0.4, -0.2) is 24.1 Å². The van der Waals surface area contributed by atoms with Crippen LogP contribution >= 0.6 is 0 Å². The number of nitrogens with zero attached hydrogens (tertiary/aromatic N) is 1. The number of likely N-dealkylation sites (tertiary alicyclic amines) is 1. The first-order valence-corrected chi connectivity index (χ1v) is 5.27. The first-order chi connectivity index (χ1) is 7.25. The van der Waals surface area contributed by atoms with Crippen LogP contribution in [0.2, 0.25) is 0 Å². The average Bonchev–Trinajstić information content (AvgIpc) is 2.66. The molecule has 0 N–H and O–H groups in total. The maximum Gasteiger partial charge on any atom is 0.415 e. The molecule has 1 amide bonds. The predicted molar refractivity (Wildman–Crippen MR) is 57.8 cm³/mol. The zero-order valence-corrected chi connectivity index (χ0v) is 8.85. The molecule has 0 radical (unpaired) electrons. The Balaban J connectivity index is 1.93. The number of amides is 1. The van der Waals surface area contributed by atoms with Gasteiger partial charge in [0.15, 0.2) is 0 Å². The summed E-state index contributed by atoms with van der Waals surface area (Å²) in [7, 11) is 0. The molecule has 1 aromatic carbocycles. The van der Waals surface area contributed by atoms with Crippen LogP contribution in [0.4, 0.5) is 4.79 Å². The normalized spacial score (nSPS) is 20.3. The van der Waals surface area contributed by atoms with E-state index in [4.69, 9.17) is 4.74 Å². The van der Waals surface area contributed by atoms with Crippen molar-refractivity contribution in [1.82, 2.24) is 4.90 Å². The summed E-state index contributed by atoms with van der Waals surface area (Å²) in [6, 6.07) is 9.19. The molecule has 1 fully saturated rings. The van der Waals surface area contributed by atoms with E-state index in [1.54, 1.807) is 17.0 Å². The van der Waals surface area contributed by atoms with Gasteiger partial charge in [0.05, 0.1) is 0 Å². The minimum Gasteiger partial charge on any atom is -0.410 e. The first-order valence-electron chi connectivity index (χ1n) is 5.27. The maximum atomic E-state index is 11.7. The molecular formula is C12H15NO2. The van der Waals surface area contributed by atoms with Crippen LogP contribution in [0.3, 0.4) is 0 Å². The molecule has 1 aliphatic rings. The number of rotatable bonds is 1. The van der Waals surface area contributed by atoms with Crippen LogP contribution in [0.15, 0.2) is 30.3 Å². The molecule has 0 spiro atoms. The van der Waals surface area contributed by atoms with Gasteiger partial charge < -0.3 is 9.64 Å². The van der Waals surface area contributed by atoms with E-state index in [1.807, 2.05) is 18.2 Å². The molecule has 0 aliphatic carbocycles. The third kappa shape index (κ3) is 2.49. The quantitative estimate of drug-likeness (QED) is 0.705. The van der Waals surface area contributed by atoms with E-state index in [2.05, 4.69) is 6.92 Å². The number of carbonyl (C=O) groups excluding carboxylic acids is 1. The number of benzene rings is 1. The third-order valence-corrected chi connectivity index (χ3v) is 2.63. The van der Waals surface area contributed by atoms with Gasteiger partial charge in [-0.05, 0) is 24.5 Å². The Morgan fingerprint density at radius 2 is 2.13 bits per heavy atom. The van der Waals surface area contributed by atoms with Crippen LogP contribution in [0.25, 0.3) is 0 Å². The lowest BCUT2D eigenvalue weighted by Gasteiger charge is -2.15. The molecule has 3 heteroatoms. The van der Waals surface area contributed by atoms with Crippen LogP contribution in [0.1, 0.15) is 13.3 Å².